The molecule has 0 aromatic carbocycles. The average molecular weight is 323 g/mol. The lowest BCUT2D eigenvalue weighted by Crippen LogP contribution is -2.40. The largest absolute Gasteiger partial charge is 0.302 e. The van der Waals surface area contributed by atoms with Crippen molar-refractivity contribution in [2.75, 3.05) is 53.4 Å². The molecule has 0 amide bonds. The van der Waals surface area contributed by atoms with Gasteiger partial charge in [0.2, 0.25) is 0 Å². The minimum atomic E-state index is 0.702. The van der Waals surface area contributed by atoms with Crippen molar-refractivity contribution in [3.05, 3.63) is 0 Å². The Balaban J connectivity index is 1.40. The van der Waals surface area contributed by atoms with Crippen LogP contribution in [0.25, 0.3) is 0 Å². The van der Waals surface area contributed by atoms with Crippen LogP contribution in [0.2, 0.25) is 0 Å². The van der Waals surface area contributed by atoms with Gasteiger partial charge < -0.3 is 9.80 Å². The van der Waals surface area contributed by atoms with Crippen molar-refractivity contribution < 1.29 is 0 Å². The maximum Gasteiger partial charge on any atom is 0.0261 e. The predicted octanol–water partition coefficient (Wildman–Crippen LogP) is 1.82. The lowest BCUT2D eigenvalue weighted by molar-refractivity contribution is 0.170. The van der Waals surface area contributed by atoms with Crippen molar-refractivity contribution >= 4 is 0 Å². The quantitative estimate of drug-likeness (QED) is 0.739. The lowest BCUT2D eigenvalue weighted by Gasteiger charge is -2.30. The number of rotatable bonds is 6. The number of hydrogen-bond acceptors (Lipinski definition) is 4. The van der Waals surface area contributed by atoms with E-state index in [4.69, 9.17) is 0 Å². The molecule has 0 aromatic heterocycles. The monoisotopic (exact) mass is 322 g/mol. The molecule has 0 radical (unpaired) electrons. The summed E-state index contributed by atoms with van der Waals surface area (Å²) in [4.78, 5) is 10.6. The SMILES string of the molecule is CC(C)N1CC[C@H](N(C)CCC(C)N2C[C@@H]3CCN(C)[C@@H]3C2)C1. The first kappa shape index (κ1) is 17.7. The highest BCUT2D eigenvalue weighted by Crippen LogP contribution is 2.31. The van der Waals surface area contributed by atoms with Crippen LogP contribution in [0.1, 0.15) is 40.0 Å². The number of likely N-dealkylation sites (N-methyl/N-ethyl adjacent to an activating group) is 2. The van der Waals surface area contributed by atoms with Gasteiger partial charge in [-0.25, -0.2) is 0 Å². The van der Waals surface area contributed by atoms with Crippen LogP contribution in [0.4, 0.5) is 0 Å². The van der Waals surface area contributed by atoms with E-state index in [0.717, 1.165) is 24.0 Å². The second kappa shape index (κ2) is 7.38. The lowest BCUT2D eigenvalue weighted by atomic mass is 10.1. The third-order valence-corrected chi connectivity index (χ3v) is 6.92. The van der Waals surface area contributed by atoms with E-state index in [1.54, 1.807) is 0 Å². The van der Waals surface area contributed by atoms with Gasteiger partial charge in [-0.15, -0.1) is 0 Å². The van der Waals surface area contributed by atoms with E-state index in [1.165, 1.54) is 58.5 Å². The number of fused-ring (bicyclic) bond motifs is 1. The molecule has 0 saturated carbocycles. The van der Waals surface area contributed by atoms with Gasteiger partial charge in [0, 0.05) is 50.3 Å². The molecule has 134 valence electrons. The minimum Gasteiger partial charge on any atom is -0.302 e. The fraction of sp³-hybridized carbons (Fsp3) is 1.00. The average Bonchev–Trinajstić information content (AvgIpc) is 3.21. The van der Waals surface area contributed by atoms with Crippen molar-refractivity contribution in [2.45, 2.75) is 64.2 Å². The van der Waals surface area contributed by atoms with Gasteiger partial charge in [-0.05, 0) is 73.1 Å². The minimum absolute atomic E-state index is 0.702. The van der Waals surface area contributed by atoms with Gasteiger partial charge in [0.15, 0.2) is 0 Å². The third kappa shape index (κ3) is 3.92. The summed E-state index contributed by atoms with van der Waals surface area (Å²) in [5.41, 5.74) is 0. The highest BCUT2D eigenvalue weighted by molar-refractivity contribution is 4.96. The molecule has 3 heterocycles. The number of hydrogen-bond donors (Lipinski definition) is 0. The zero-order chi connectivity index (χ0) is 16.6. The summed E-state index contributed by atoms with van der Waals surface area (Å²) in [5.74, 6) is 0.939. The van der Waals surface area contributed by atoms with E-state index < -0.39 is 0 Å². The van der Waals surface area contributed by atoms with E-state index in [1.807, 2.05) is 0 Å². The van der Waals surface area contributed by atoms with Gasteiger partial charge in [0.25, 0.3) is 0 Å². The molecule has 4 heteroatoms. The standard InChI is InChI=1S/C19H38N4/c1-15(2)22-11-8-18(13-22)20(4)9-6-16(3)23-12-17-7-10-21(5)19(17)14-23/h15-19H,6-14H2,1-5H3/t16?,17-,18-,19+/m0/s1. The molecule has 0 aromatic rings. The molecule has 0 spiro atoms. The Morgan fingerprint density at radius 1 is 1.00 bits per heavy atom. The molecule has 3 rings (SSSR count). The Labute approximate surface area is 143 Å². The number of nitrogens with zero attached hydrogens (tertiary/aromatic N) is 4. The highest BCUT2D eigenvalue weighted by atomic mass is 15.3. The zero-order valence-corrected chi connectivity index (χ0v) is 16.0. The summed E-state index contributed by atoms with van der Waals surface area (Å²) >= 11 is 0. The third-order valence-electron chi connectivity index (χ3n) is 6.92. The van der Waals surface area contributed by atoms with E-state index in [-0.39, 0.29) is 0 Å². The van der Waals surface area contributed by atoms with E-state index in [2.05, 4.69) is 54.5 Å². The van der Waals surface area contributed by atoms with Crippen molar-refractivity contribution in [2.24, 2.45) is 5.92 Å². The van der Waals surface area contributed by atoms with E-state index >= 15 is 0 Å². The molecule has 23 heavy (non-hydrogen) atoms. The Morgan fingerprint density at radius 2 is 1.78 bits per heavy atom. The second-order valence-electron chi connectivity index (χ2n) is 8.70. The first-order valence-corrected chi connectivity index (χ1v) is 9.84. The molecule has 3 saturated heterocycles. The molecular weight excluding hydrogens is 284 g/mol. The highest BCUT2D eigenvalue weighted by Gasteiger charge is 2.40. The normalized spacial score (nSPS) is 34.8. The molecule has 4 atom stereocenters. The maximum atomic E-state index is 2.76. The summed E-state index contributed by atoms with van der Waals surface area (Å²) in [6.07, 6.45) is 4.08. The Bertz CT molecular complexity index is 386. The van der Waals surface area contributed by atoms with Gasteiger partial charge in [-0.1, -0.05) is 0 Å². The van der Waals surface area contributed by atoms with Crippen molar-refractivity contribution in [3.8, 4) is 0 Å². The summed E-state index contributed by atoms with van der Waals surface area (Å²) in [5, 5.41) is 0. The van der Waals surface area contributed by atoms with Crippen LogP contribution >= 0.6 is 0 Å². The Hall–Kier alpha value is -0.160. The second-order valence-corrected chi connectivity index (χ2v) is 8.70. The summed E-state index contributed by atoms with van der Waals surface area (Å²) in [6, 6.07) is 3.05. The van der Waals surface area contributed by atoms with Crippen molar-refractivity contribution in [1.82, 2.24) is 19.6 Å². The predicted molar refractivity (Wildman–Crippen MR) is 97.9 cm³/mol. The smallest absolute Gasteiger partial charge is 0.0261 e. The van der Waals surface area contributed by atoms with Gasteiger partial charge in [0.05, 0.1) is 0 Å². The zero-order valence-electron chi connectivity index (χ0n) is 16.0. The molecule has 0 N–H and O–H groups in total. The molecule has 3 aliphatic heterocycles. The molecule has 1 unspecified atom stereocenters. The Morgan fingerprint density at radius 3 is 2.43 bits per heavy atom. The van der Waals surface area contributed by atoms with E-state index in [0.29, 0.717) is 6.04 Å². The molecule has 0 bridgehead atoms. The molecule has 4 nitrogen and oxygen atoms in total. The van der Waals surface area contributed by atoms with Crippen LogP contribution < -0.4 is 0 Å². The van der Waals surface area contributed by atoms with Crippen LogP contribution in [0.15, 0.2) is 0 Å². The molecular formula is C19H38N4. The fourth-order valence-electron chi connectivity index (χ4n) is 4.92. The van der Waals surface area contributed by atoms with Gasteiger partial charge in [-0.2, -0.15) is 0 Å². The summed E-state index contributed by atoms with van der Waals surface area (Å²) < 4.78 is 0. The fourth-order valence-corrected chi connectivity index (χ4v) is 4.92. The van der Waals surface area contributed by atoms with Crippen molar-refractivity contribution in [3.63, 3.8) is 0 Å². The van der Waals surface area contributed by atoms with Crippen LogP contribution in [0.3, 0.4) is 0 Å². The molecule has 3 fully saturated rings. The van der Waals surface area contributed by atoms with E-state index in [9.17, 15) is 0 Å². The van der Waals surface area contributed by atoms with Crippen LogP contribution in [0, 0.1) is 5.92 Å². The van der Waals surface area contributed by atoms with Gasteiger partial charge in [0.1, 0.15) is 0 Å². The first-order valence-electron chi connectivity index (χ1n) is 9.84. The van der Waals surface area contributed by atoms with Gasteiger partial charge >= 0.3 is 0 Å². The topological polar surface area (TPSA) is 13.0 Å². The Kier molecular flexibility index (Phi) is 5.67. The van der Waals surface area contributed by atoms with Gasteiger partial charge in [-0.3, -0.25) is 9.80 Å². The van der Waals surface area contributed by atoms with Crippen LogP contribution in [0.5, 0.6) is 0 Å². The van der Waals surface area contributed by atoms with Crippen molar-refractivity contribution in [1.29, 1.82) is 0 Å². The summed E-state index contributed by atoms with van der Waals surface area (Å²) in [6.45, 7) is 14.8. The molecule has 3 aliphatic rings. The maximum absolute atomic E-state index is 2.76. The van der Waals surface area contributed by atoms with Crippen LogP contribution in [-0.2, 0) is 0 Å². The first-order chi connectivity index (χ1) is 11.0. The van der Waals surface area contributed by atoms with Crippen LogP contribution in [-0.4, -0.2) is 97.1 Å². The molecule has 0 aliphatic carbocycles. The summed E-state index contributed by atoms with van der Waals surface area (Å²) in [7, 11) is 4.65. The number of likely N-dealkylation sites (tertiary alicyclic amines) is 3.